The number of nitrogens with zero attached hydrogens (tertiary/aromatic N) is 3. The van der Waals surface area contributed by atoms with Crippen LogP contribution in [-0.2, 0) is 12.0 Å². The molecule has 5 nitrogen and oxygen atoms in total. The van der Waals surface area contributed by atoms with Gasteiger partial charge in [0.1, 0.15) is 22.9 Å². The standard InChI is InChI=1S/C19H23F2N3O2S/c1-19(2,3)18-22-13(11-27-18)10-23-4-6-24(7-5-23)17(26)16-14(21)8-12(20)9-15(16)25/h8-9,11,25H,4-7,10H2,1-3H3. The van der Waals surface area contributed by atoms with Crippen molar-refractivity contribution < 1.29 is 18.7 Å². The van der Waals surface area contributed by atoms with Gasteiger partial charge in [-0.25, -0.2) is 13.8 Å². The molecule has 1 N–H and O–H groups in total. The average Bonchev–Trinajstić information content (AvgIpc) is 3.03. The maximum Gasteiger partial charge on any atom is 0.260 e. The second kappa shape index (κ2) is 7.52. The molecule has 1 aliphatic rings. The van der Waals surface area contributed by atoms with Crippen LogP contribution in [0.5, 0.6) is 5.75 Å². The summed E-state index contributed by atoms with van der Waals surface area (Å²) in [6.07, 6.45) is 0. The van der Waals surface area contributed by atoms with E-state index in [0.29, 0.717) is 38.8 Å². The lowest BCUT2D eigenvalue weighted by atomic mass is 9.98. The number of phenolic OH excluding ortho intramolecular Hbond substituents is 1. The van der Waals surface area contributed by atoms with Crippen LogP contribution in [0.2, 0.25) is 0 Å². The number of hydrogen-bond acceptors (Lipinski definition) is 5. The first kappa shape index (κ1) is 19.7. The molecule has 2 aromatic rings. The van der Waals surface area contributed by atoms with Crippen LogP contribution in [0.25, 0.3) is 0 Å². The molecule has 1 aromatic heterocycles. The Hall–Kier alpha value is -2.06. The van der Waals surface area contributed by atoms with Gasteiger partial charge in [-0.2, -0.15) is 0 Å². The molecule has 2 heterocycles. The number of aromatic hydroxyl groups is 1. The highest BCUT2D eigenvalue weighted by atomic mass is 32.1. The summed E-state index contributed by atoms with van der Waals surface area (Å²) in [4.78, 5) is 20.9. The summed E-state index contributed by atoms with van der Waals surface area (Å²) >= 11 is 1.65. The molecule has 1 aliphatic heterocycles. The normalized spacial score (nSPS) is 16.0. The van der Waals surface area contributed by atoms with Gasteiger partial charge >= 0.3 is 0 Å². The van der Waals surface area contributed by atoms with Crippen molar-refractivity contribution in [2.45, 2.75) is 32.7 Å². The van der Waals surface area contributed by atoms with E-state index >= 15 is 0 Å². The molecule has 0 bridgehead atoms. The van der Waals surface area contributed by atoms with E-state index < -0.39 is 28.9 Å². The van der Waals surface area contributed by atoms with Crippen molar-refractivity contribution in [1.82, 2.24) is 14.8 Å². The Balaban J connectivity index is 1.61. The molecular weight excluding hydrogens is 372 g/mol. The van der Waals surface area contributed by atoms with Gasteiger partial charge in [0.15, 0.2) is 0 Å². The van der Waals surface area contributed by atoms with E-state index in [1.807, 2.05) is 0 Å². The van der Waals surface area contributed by atoms with Gasteiger partial charge in [-0.15, -0.1) is 11.3 Å². The number of amides is 1. The highest BCUT2D eigenvalue weighted by Gasteiger charge is 2.27. The molecular formula is C19H23F2N3O2S. The Labute approximate surface area is 161 Å². The Morgan fingerprint density at radius 1 is 1.22 bits per heavy atom. The lowest BCUT2D eigenvalue weighted by Crippen LogP contribution is -2.48. The highest BCUT2D eigenvalue weighted by molar-refractivity contribution is 7.09. The van der Waals surface area contributed by atoms with Gasteiger partial charge in [-0.1, -0.05) is 20.8 Å². The number of hydrogen-bond donors (Lipinski definition) is 1. The Bertz CT molecular complexity index is 817. The van der Waals surface area contributed by atoms with Crippen LogP contribution in [-0.4, -0.2) is 52.0 Å². The number of phenols is 1. The van der Waals surface area contributed by atoms with E-state index in [1.54, 1.807) is 11.3 Å². The van der Waals surface area contributed by atoms with Crippen LogP contribution < -0.4 is 0 Å². The van der Waals surface area contributed by atoms with Gasteiger partial charge in [0.25, 0.3) is 5.91 Å². The topological polar surface area (TPSA) is 56.7 Å². The second-order valence-corrected chi connectivity index (χ2v) is 8.60. The quantitative estimate of drug-likeness (QED) is 0.866. The molecule has 0 radical (unpaired) electrons. The van der Waals surface area contributed by atoms with Gasteiger partial charge in [0, 0.05) is 55.7 Å². The third kappa shape index (κ3) is 4.44. The molecule has 0 saturated carbocycles. The summed E-state index contributed by atoms with van der Waals surface area (Å²) in [5.74, 6) is -3.24. The largest absolute Gasteiger partial charge is 0.507 e. The lowest BCUT2D eigenvalue weighted by Gasteiger charge is -2.34. The third-order valence-corrected chi connectivity index (χ3v) is 5.80. The van der Waals surface area contributed by atoms with Crippen molar-refractivity contribution in [3.8, 4) is 5.75 Å². The fraction of sp³-hybridized carbons (Fsp3) is 0.474. The van der Waals surface area contributed by atoms with Crippen molar-refractivity contribution in [2.75, 3.05) is 26.2 Å². The predicted molar refractivity (Wildman–Crippen MR) is 100 cm³/mol. The number of carbonyl (C=O) groups excluding carboxylic acids is 1. The van der Waals surface area contributed by atoms with Gasteiger partial charge in [-0.3, -0.25) is 9.69 Å². The van der Waals surface area contributed by atoms with Crippen LogP contribution in [0, 0.1) is 11.6 Å². The van der Waals surface area contributed by atoms with Gasteiger partial charge < -0.3 is 10.0 Å². The zero-order valence-electron chi connectivity index (χ0n) is 15.6. The van der Waals surface area contributed by atoms with Crippen molar-refractivity contribution in [1.29, 1.82) is 0 Å². The van der Waals surface area contributed by atoms with E-state index in [0.717, 1.165) is 16.8 Å². The number of halogens is 2. The van der Waals surface area contributed by atoms with E-state index in [9.17, 15) is 18.7 Å². The number of rotatable bonds is 3. The summed E-state index contributed by atoms with van der Waals surface area (Å²) in [7, 11) is 0. The number of aromatic nitrogens is 1. The molecule has 146 valence electrons. The first-order valence-corrected chi connectivity index (χ1v) is 9.67. The van der Waals surface area contributed by atoms with Crippen molar-refractivity contribution >= 4 is 17.2 Å². The summed E-state index contributed by atoms with van der Waals surface area (Å²) in [6.45, 7) is 9.15. The minimum absolute atomic E-state index is 0.0231. The maximum absolute atomic E-state index is 13.9. The predicted octanol–water partition coefficient (Wildman–Crippen LogP) is 3.38. The summed E-state index contributed by atoms with van der Waals surface area (Å²) in [6, 6.07) is 1.36. The minimum atomic E-state index is -1.04. The second-order valence-electron chi connectivity index (χ2n) is 7.74. The van der Waals surface area contributed by atoms with Crippen molar-refractivity contribution in [3.63, 3.8) is 0 Å². The molecule has 1 saturated heterocycles. The Kier molecular flexibility index (Phi) is 5.48. The third-order valence-electron chi connectivity index (χ3n) is 4.49. The van der Waals surface area contributed by atoms with Crippen molar-refractivity contribution in [2.24, 2.45) is 0 Å². The fourth-order valence-electron chi connectivity index (χ4n) is 2.99. The molecule has 1 fully saturated rings. The number of carbonyl (C=O) groups is 1. The molecule has 8 heteroatoms. The minimum Gasteiger partial charge on any atom is -0.507 e. The highest BCUT2D eigenvalue weighted by Crippen LogP contribution is 2.27. The Morgan fingerprint density at radius 3 is 2.44 bits per heavy atom. The SMILES string of the molecule is CC(C)(C)c1nc(CN2CCN(C(=O)c3c(O)cc(F)cc3F)CC2)cs1. The van der Waals surface area contributed by atoms with E-state index in [4.69, 9.17) is 0 Å². The van der Waals surface area contributed by atoms with Crippen LogP contribution >= 0.6 is 11.3 Å². The van der Waals surface area contributed by atoms with Crippen LogP contribution in [0.4, 0.5) is 8.78 Å². The van der Waals surface area contributed by atoms with Gasteiger partial charge in [-0.05, 0) is 0 Å². The molecule has 1 aromatic carbocycles. The van der Waals surface area contributed by atoms with E-state index in [-0.39, 0.29) is 5.41 Å². The fourth-order valence-corrected chi connectivity index (χ4v) is 3.89. The Morgan fingerprint density at radius 2 is 1.89 bits per heavy atom. The summed E-state index contributed by atoms with van der Waals surface area (Å²) < 4.78 is 27.0. The number of thiazole rings is 1. The smallest absolute Gasteiger partial charge is 0.260 e. The van der Waals surface area contributed by atoms with Crippen LogP contribution in [0.15, 0.2) is 17.5 Å². The summed E-state index contributed by atoms with van der Waals surface area (Å²) in [5, 5.41) is 12.9. The number of benzene rings is 1. The lowest BCUT2D eigenvalue weighted by molar-refractivity contribution is 0.0619. The molecule has 0 aliphatic carbocycles. The first-order valence-electron chi connectivity index (χ1n) is 8.79. The van der Waals surface area contributed by atoms with Crippen LogP contribution in [0.3, 0.4) is 0 Å². The zero-order chi connectivity index (χ0) is 19.8. The number of piperazine rings is 1. The van der Waals surface area contributed by atoms with E-state index in [2.05, 4.69) is 36.0 Å². The van der Waals surface area contributed by atoms with E-state index in [1.165, 1.54) is 4.90 Å². The first-order chi connectivity index (χ1) is 12.6. The molecule has 0 unspecified atom stereocenters. The molecule has 1 amide bonds. The zero-order valence-corrected chi connectivity index (χ0v) is 16.4. The van der Waals surface area contributed by atoms with Crippen molar-refractivity contribution in [3.05, 3.63) is 45.4 Å². The molecule has 3 rings (SSSR count). The molecule has 0 spiro atoms. The van der Waals surface area contributed by atoms with Crippen LogP contribution in [0.1, 0.15) is 41.8 Å². The summed E-state index contributed by atoms with van der Waals surface area (Å²) in [5.41, 5.74) is 0.557. The van der Waals surface area contributed by atoms with Gasteiger partial charge in [0.05, 0.1) is 10.7 Å². The maximum atomic E-state index is 13.9. The van der Waals surface area contributed by atoms with Gasteiger partial charge in [0.2, 0.25) is 0 Å². The monoisotopic (exact) mass is 395 g/mol. The molecule has 27 heavy (non-hydrogen) atoms. The molecule has 0 atom stereocenters. The average molecular weight is 395 g/mol.